The van der Waals surface area contributed by atoms with E-state index in [0.29, 0.717) is 5.22 Å². The zero-order valence-corrected chi connectivity index (χ0v) is 13.6. The predicted octanol–water partition coefficient (Wildman–Crippen LogP) is 5.93. The van der Waals surface area contributed by atoms with Gasteiger partial charge in [-0.1, -0.05) is 65.4 Å². The Balaban J connectivity index is 1.43. The van der Waals surface area contributed by atoms with Crippen LogP contribution in [-0.4, -0.2) is 10.7 Å². The Labute approximate surface area is 135 Å². The van der Waals surface area contributed by atoms with E-state index < -0.39 is 0 Å². The second kappa shape index (κ2) is 7.64. The number of benzene rings is 2. The zero-order chi connectivity index (χ0) is 14.3. The first-order valence-corrected chi connectivity index (χ1v) is 10.1. The van der Waals surface area contributed by atoms with E-state index in [0.717, 1.165) is 16.9 Å². The molecule has 5 heteroatoms. The van der Waals surface area contributed by atoms with Crippen molar-refractivity contribution in [3.8, 4) is 0 Å². The summed E-state index contributed by atoms with van der Waals surface area (Å²) >= 11 is 0. The third kappa shape index (κ3) is 4.33. The molecule has 0 aliphatic heterocycles. The summed E-state index contributed by atoms with van der Waals surface area (Å²) in [7, 11) is 5.01. The van der Waals surface area contributed by atoms with Gasteiger partial charge in [0, 0.05) is 16.5 Å². The molecule has 0 aliphatic rings. The maximum Gasteiger partial charge on any atom is 0.268 e. The van der Waals surface area contributed by atoms with Crippen LogP contribution in [0.1, 0.15) is 5.56 Å². The fraction of sp³-hybridized carbons (Fsp3) is 0.0625. The highest BCUT2D eigenvalue weighted by atomic mass is 33.5. The Kier molecular flexibility index (Phi) is 5.32. The average Bonchev–Trinajstić information content (AvgIpc) is 2.94. The van der Waals surface area contributed by atoms with Crippen molar-refractivity contribution in [2.24, 2.45) is 0 Å². The molecule has 1 heterocycles. The van der Waals surface area contributed by atoms with Crippen LogP contribution in [0.2, 0.25) is 0 Å². The fourth-order valence-corrected chi connectivity index (χ4v) is 4.74. The number of nitrogens with zero attached hydrogens (tertiary/aromatic N) is 1. The standard InChI is InChI=1S/C16H13NOS3/c1-2-7-13(8-3-1)9-6-12-19-21-20-16-17-14-10-4-5-11-15(14)18-16/h1-11H,12H2/b9-6+. The van der Waals surface area contributed by atoms with Crippen molar-refractivity contribution in [2.75, 3.05) is 5.75 Å². The third-order valence-corrected chi connectivity index (χ3v) is 6.32. The molecule has 0 aliphatic carbocycles. The quantitative estimate of drug-likeness (QED) is 0.412. The van der Waals surface area contributed by atoms with Gasteiger partial charge in [-0.2, -0.15) is 0 Å². The molecule has 0 amide bonds. The summed E-state index contributed by atoms with van der Waals surface area (Å²) in [6.45, 7) is 0. The molecule has 1 aromatic heterocycles. The normalized spacial score (nSPS) is 11.4. The molecule has 21 heavy (non-hydrogen) atoms. The molecule has 0 atom stereocenters. The van der Waals surface area contributed by atoms with Crippen molar-refractivity contribution in [3.63, 3.8) is 0 Å². The van der Waals surface area contributed by atoms with Crippen LogP contribution in [0, 0.1) is 0 Å². The number of rotatable bonds is 6. The van der Waals surface area contributed by atoms with Crippen LogP contribution in [0.25, 0.3) is 17.2 Å². The molecule has 2 aromatic carbocycles. The topological polar surface area (TPSA) is 26.0 Å². The van der Waals surface area contributed by atoms with Gasteiger partial charge in [0.25, 0.3) is 5.22 Å². The maximum atomic E-state index is 5.64. The zero-order valence-electron chi connectivity index (χ0n) is 11.1. The summed E-state index contributed by atoms with van der Waals surface area (Å²) in [6, 6.07) is 18.1. The first-order valence-electron chi connectivity index (χ1n) is 6.45. The van der Waals surface area contributed by atoms with Crippen LogP contribution in [0.5, 0.6) is 0 Å². The van der Waals surface area contributed by atoms with E-state index >= 15 is 0 Å². The van der Waals surface area contributed by atoms with Gasteiger partial charge in [-0.05, 0) is 27.5 Å². The highest BCUT2D eigenvalue weighted by Gasteiger charge is 2.05. The van der Waals surface area contributed by atoms with Crippen molar-refractivity contribution >= 4 is 48.6 Å². The fourth-order valence-electron chi connectivity index (χ4n) is 1.76. The number of para-hydroxylation sites is 2. The largest absolute Gasteiger partial charge is 0.431 e. The van der Waals surface area contributed by atoms with E-state index in [1.807, 2.05) is 42.5 Å². The van der Waals surface area contributed by atoms with E-state index in [1.54, 1.807) is 31.4 Å². The highest BCUT2D eigenvalue weighted by Crippen LogP contribution is 2.40. The van der Waals surface area contributed by atoms with Crippen LogP contribution in [-0.2, 0) is 0 Å². The molecule has 3 rings (SSSR count). The molecule has 0 unspecified atom stereocenters. The lowest BCUT2D eigenvalue weighted by molar-refractivity contribution is 0.491. The monoisotopic (exact) mass is 331 g/mol. The summed E-state index contributed by atoms with van der Waals surface area (Å²) in [5.41, 5.74) is 2.99. The summed E-state index contributed by atoms with van der Waals surface area (Å²) in [5.74, 6) is 0.951. The van der Waals surface area contributed by atoms with Crippen molar-refractivity contribution in [1.82, 2.24) is 4.98 Å². The Morgan fingerprint density at radius 1 is 1.00 bits per heavy atom. The molecule has 0 saturated carbocycles. The number of oxazole rings is 1. The van der Waals surface area contributed by atoms with Crippen LogP contribution < -0.4 is 0 Å². The van der Waals surface area contributed by atoms with Gasteiger partial charge in [0.05, 0.1) is 0 Å². The third-order valence-electron chi connectivity index (χ3n) is 2.70. The van der Waals surface area contributed by atoms with E-state index in [2.05, 4.69) is 29.3 Å². The summed E-state index contributed by atoms with van der Waals surface area (Å²) in [6.07, 6.45) is 4.30. The first kappa shape index (κ1) is 14.6. The lowest BCUT2D eigenvalue weighted by atomic mass is 10.2. The van der Waals surface area contributed by atoms with E-state index in [1.165, 1.54) is 5.56 Å². The maximum absolute atomic E-state index is 5.64. The number of hydrogen-bond donors (Lipinski definition) is 0. The van der Waals surface area contributed by atoms with Gasteiger partial charge in [-0.15, -0.1) is 0 Å². The lowest BCUT2D eigenvalue weighted by Gasteiger charge is -1.94. The van der Waals surface area contributed by atoms with Gasteiger partial charge in [-0.3, -0.25) is 0 Å². The summed E-state index contributed by atoms with van der Waals surface area (Å²) in [5, 5.41) is 0.709. The molecule has 2 nitrogen and oxygen atoms in total. The van der Waals surface area contributed by atoms with Crippen LogP contribution in [0.4, 0.5) is 0 Å². The Hall–Kier alpha value is -1.30. The summed E-state index contributed by atoms with van der Waals surface area (Å²) < 4.78 is 5.64. The van der Waals surface area contributed by atoms with Gasteiger partial charge in [-0.25, -0.2) is 4.98 Å². The van der Waals surface area contributed by atoms with Gasteiger partial charge in [0.15, 0.2) is 5.58 Å². The number of aromatic nitrogens is 1. The van der Waals surface area contributed by atoms with E-state index in [4.69, 9.17) is 4.42 Å². The smallest absolute Gasteiger partial charge is 0.268 e. The Morgan fingerprint density at radius 3 is 2.67 bits per heavy atom. The minimum absolute atomic E-state index is 0.709. The van der Waals surface area contributed by atoms with Gasteiger partial charge >= 0.3 is 0 Å². The van der Waals surface area contributed by atoms with Gasteiger partial charge in [0.1, 0.15) is 5.52 Å². The molecule has 0 bridgehead atoms. The molecule has 0 radical (unpaired) electrons. The van der Waals surface area contributed by atoms with E-state index in [-0.39, 0.29) is 0 Å². The van der Waals surface area contributed by atoms with Crippen LogP contribution >= 0.6 is 31.4 Å². The van der Waals surface area contributed by atoms with Crippen molar-refractivity contribution in [3.05, 3.63) is 66.2 Å². The molecular formula is C16H13NOS3. The summed E-state index contributed by atoms with van der Waals surface area (Å²) in [4.78, 5) is 4.42. The molecule has 0 fully saturated rings. The highest BCUT2D eigenvalue weighted by molar-refractivity contribution is 9.09. The SMILES string of the molecule is C(=C\c1ccccc1)/CSSSc1nc2ccccc2o1. The molecule has 3 aromatic rings. The minimum atomic E-state index is 0.709. The average molecular weight is 331 g/mol. The van der Waals surface area contributed by atoms with Crippen LogP contribution in [0.15, 0.2) is 70.3 Å². The molecule has 106 valence electrons. The van der Waals surface area contributed by atoms with Crippen molar-refractivity contribution in [1.29, 1.82) is 0 Å². The van der Waals surface area contributed by atoms with Crippen molar-refractivity contribution in [2.45, 2.75) is 5.22 Å². The Bertz CT molecular complexity index is 691. The Morgan fingerprint density at radius 2 is 1.81 bits per heavy atom. The minimum Gasteiger partial charge on any atom is -0.431 e. The van der Waals surface area contributed by atoms with Crippen molar-refractivity contribution < 1.29 is 4.42 Å². The number of fused-ring (bicyclic) bond motifs is 1. The molecular weight excluding hydrogens is 318 g/mol. The number of hydrogen-bond acceptors (Lipinski definition) is 5. The first-order chi connectivity index (χ1) is 10.4. The lowest BCUT2D eigenvalue weighted by Crippen LogP contribution is -1.70. The van der Waals surface area contributed by atoms with Crippen LogP contribution in [0.3, 0.4) is 0 Å². The van der Waals surface area contributed by atoms with Gasteiger partial charge < -0.3 is 4.42 Å². The predicted molar refractivity (Wildman–Crippen MR) is 95.4 cm³/mol. The van der Waals surface area contributed by atoms with Gasteiger partial charge in [0.2, 0.25) is 0 Å². The van der Waals surface area contributed by atoms with E-state index in [9.17, 15) is 0 Å². The molecule has 0 saturated heterocycles. The molecule has 0 N–H and O–H groups in total. The second-order valence-corrected chi connectivity index (χ2v) is 8.26. The second-order valence-electron chi connectivity index (χ2n) is 4.20. The molecule has 0 spiro atoms.